The molecule has 1 fully saturated rings. The van der Waals surface area contributed by atoms with E-state index in [1.807, 2.05) is 12.1 Å². The third kappa shape index (κ3) is 7.02. The van der Waals surface area contributed by atoms with E-state index < -0.39 is 18.4 Å². The van der Waals surface area contributed by atoms with Gasteiger partial charge in [-0.2, -0.15) is 0 Å². The van der Waals surface area contributed by atoms with Crippen molar-refractivity contribution in [2.75, 3.05) is 13.7 Å². The maximum Gasteiger partial charge on any atom is 0.323 e. The van der Waals surface area contributed by atoms with Crippen molar-refractivity contribution in [1.29, 1.82) is 0 Å². The molecule has 0 saturated carbocycles. The maximum absolute atomic E-state index is 12.4. The van der Waals surface area contributed by atoms with Crippen LogP contribution in [0.4, 0.5) is 0 Å². The molecule has 30 heavy (non-hydrogen) atoms. The van der Waals surface area contributed by atoms with E-state index in [2.05, 4.69) is 13.8 Å². The number of nitrogens with zero attached hydrogens (tertiary/aromatic N) is 1. The smallest absolute Gasteiger partial charge is 0.323 e. The summed E-state index contributed by atoms with van der Waals surface area (Å²) in [5.74, 6) is -0.254. The minimum atomic E-state index is -1.10. The number of carbonyl (C=O) groups excluding carboxylic acids is 1. The van der Waals surface area contributed by atoms with E-state index in [1.54, 1.807) is 19.3 Å². The zero-order valence-corrected chi connectivity index (χ0v) is 19.3. The van der Waals surface area contributed by atoms with Crippen molar-refractivity contribution in [1.82, 2.24) is 4.90 Å². The summed E-state index contributed by atoms with van der Waals surface area (Å²) in [6.07, 6.45) is 8.89. The van der Waals surface area contributed by atoms with Crippen molar-refractivity contribution in [3.8, 4) is 11.5 Å². The number of benzene rings is 1. The van der Waals surface area contributed by atoms with Crippen LogP contribution in [0.3, 0.4) is 0 Å². The molecule has 2 rings (SSSR count). The highest BCUT2D eigenvalue weighted by Crippen LogP contribution is 2.35. The molecule has 0 spiro atoms. The van der Waals surface area contributed by atoms with Gasteiger partial charge in [-0.15, -0.1) is 0 Å². The first kappa shape index (κ1) is 24.2. The third-order valence-electron chi connectivity index (χ3n) is 4.69. The Morgan fingerprint density at radius 1 is 1.27 bits per heavy atom. The van der Waals surface area contributed by atoms with Crippen LogP contribution >= 0.6 is 24.0 Å². The molecule has 8 heteroatoms. The van der Waals surface area contributed by atoms with E-state index in [4.69, 9.17) is 26.8 Å². The molecule has 0 radical (unpaired) electrons. The van der Waals surface area contributed by atoms with Gasteiger partial charge in [0.15, 0.2) is 11.5 Å². The Morgan fingerprint density at radius 2 is 2.00 bits per heavy atom. The summed E-state index contributed by atoms with van der Waals surface area (Å²) in [6.45, 7) is 3.83. The van der Waals surface area contributed by atoms with Crippen LogP contribution in [0.5, 0.6) is 11.5 Å². The SMILES string of the molecule is CCCCCCC[C@@H](C)Oc1ccc(/C=C2/SC(=S)N(CC(=O)O)C2=O)cc1OC. The lowest BCUT2D eigenvalue weighted by atomic mass is 10.1. The molecule has 0 aliphatic carbocycles. The van der Waals surface area contributed by atoms with Gasteiger partial charge in [0.1, 0.15) is 10.9 Å². The van der Waals surface area contributed by atoms with Crippen molar-refractivity contribution in [3.63, 3.8) is 0 Å². The average molecular weight is 452 g/mol. The van der Waals surface area contributed by atoms with Crippen LogP contribution in [0, 0.1) is 0 Å². The molecule has 1 aliphatic rings. The molecule has 0 unspecified atom stereocenters. The van der Waals surface area contributed by atoms with Gasteiger partial charge in [0.25, 0.3) is 5.91 Å². The molecule has 0 bridgehead atoms. The van der Waals surface area contributed by atoms with Gasteiger partial charge in [-0.1, -0.05) is 62.7 Å². The van der Waals surface area contributed by atoms with Gasteiger partial charge in [0.05, 0.1) is 18.1 Å². The minimum Gasteiger partial charge on any atom is -0.493 e. The summed E-state index contributed by atoms with van der Waals surface area (Å²) in [4.78, 5) is 24.8. The molecule has 164 valence electrons. The molecule has 0 aromatic heterocycles. The summed E-state index contributed by atoms with van der Waals surface area (Å²) >= 11 is 6.22. The van der Waals surface area contributed by atoms with Gasteiger partial charge < -0.3 is 14.6 Å². The standard InChI is InChI=1S/C22H29NO5S2/c1-4-5-6-7-8-9-15(2)28-17-11-10-16(12-18(17)27-3)13-19-21(26)23(14-20(24)25)22(29)30-19/h10-13,15H,4-9,14H2,1-3H3,(H,24,25)/b19-13+/t15-/m1/s1. The van der Waals surface area contributed by atoms with Gasteiger partial charge in [-0.05, 0) is 43.5 Å². The van der Waals surface area contributed by atoms with Crippen LogP contribution in [0.2, 0.25) is 0 Å². The van der Waals surface area contributed by atoms with Crippen molar-refractivity contribution in [3.05, 3.63) is 28.7 Å². The molecule has 1 atom stereocenters. The van der Waals surface area contributed by atoms with E-state index in [1.165, 1.54) is 25.7 Å². The molecular formula is C22H29NO5S2. The number of ether oxygens (including phenoxy) is 2. The number of rotatable bonds is 12. The van der Waals surface area contributed by atoms with Crippen LogP contribution in [0.25, 0.3) is 6.08 Å². The Kier molecular flexibility index (Phi) is 9.65. The third-order valence-corrected chi connectivity index (χ3v) is 6.07. The molecule has 1 aromatic carbocycles. The topological polar surface area (TPSA) is 76.1 Å². The largest absolute Gasteiger partial charge is 0.493 e. The number of hydrogen-bond donors (Lipinski definition) is 1. The van der Waals surface area contributed by atoms with E-state index in [0.717, 1.165) is 35.1 Å². The Morgan fingerprint density at radius 3 is 2.67 bits per heavy atom. The van der Waals surface area contributed by atoms with Gasteiger partial charge >= 0.3 is 5.97 Å². The lowest BCUT2D eigenvalue weighted by molar-refractivity contribution is -0.140. The Balaban J connectivity index is 2.03. The van der Waals surface area contributed by atoms with E-state index in [-0.39, 0.29) is 10.4 Å². The lowest BCUT2D eigenvalue weighted by Gasteiger charge is -2.17. The van der Waals surface area contributed by atoms with Gasteiger partial charge in [-0.25, -0.2) is 0 Å². The molecule has 1 aliphatic heterocycles. The fourth-order valence-electron chi connectivity index (χ4n) is 3.11. The molecule has 6 nitrogen and oxygen atoms in total. The number of carboxylic acids is 1. The van der Waals surface area contributed by atoms with Crippen LogP contribution in [-0.2, 0) is 9.59 Å². The monoisotopic (exact) mass is 451 g/mol. The number of carbonyl (C=O) groups is 2. The number of hydrogen-bond acceptors (Lipinski definition) is 6. The maximum atomic E-state index is 12.4. The van der Waals surface area contributed by atoms with Crippen molar-refractivity contribution >= 4 is 46.3 Å². The van der Waals surface area contributed by atoms with Crippen LogP contribution < -0.4 is 9.47 Å². The number of thiocarbonyl (C=S) groups is 1. The first-order chi connectivity index (χ1) is 14.3. The zero-order valence-electron chi connectivity index (χ0n) is 17.7. The van der Waals surface area contributed by atoms with Gasteiger partial charge in [-0.3, -0.25) is 14.5 Å². The molecule has 1 heterocycles. The Bertz CT molecular complexity index is 809. The predicted molar refractivity (Wildman–Crippen MR) is 124 cm³/mol. The second kappa shape index (κ2) is 12.0. The van der Waals surface area contributed by atoms with Crippen LogP contribution in [-0.4, -0.2) is 46.0 Å². The average Bonchev–Trinajstić information content (AvgIpc) is 2.96. The summed E-state index contributed by atoms with van der Waals surface area (Å²) in [7, 11) is 1.58. The molecule has 1 aromatic rings. The Hall–Kier alpha value is -2.06. The number of aliphatic carboxylic acids is 1. The Labute approximate surface area is 187 Å². The second-order valence-corrected chi connectivity index (χ2v) is 8.88. The highest BCUT2D eigenvalue weighted by Gasteiger charge is 2.33. The molecular weight excluding hydrogens is 422 g/mol. The second-order valence-electron chi connectivity index (χ2n) is 7.20. The fraction of sp³-hybridized carbons (Fsp3) is 0.500. The van der Waals surface area contributed by atoms with Crippen LogP contribution in [0.15, 0.2) is 23.1 Å². The number of thioether (sulfide) groups is 1. The van der Waals surface area contributed by atoms with Crippen LogP contribution in [0.1, 0.15) is 57.9 Å². The lowest BCUT2D eigenvalue weighted by Crippen LogP contribution is -2.33. The summed E-state index contributed by atoms with van der Waals surface area (Å²) in [5, 5.41) is 8.94. The quantitative estimate of drug-likeness (QED) is 0.269. The number of carboxylic acid groups (broad SMARTS) is 1. The molecule has 1 saturated heterocycles. The number of methoxy groups -OCH3 is 1. The predicted octanol–water partition coefficient (Wildman–Crippen LogP) is 5.11. The van der Waals surface area contributed by atoms with E-state index >= 15 is 0 Å². The summed E-state index contributed by atoms with van der Waals surface area (Å²) in [6, 6.07) is 5.47. The molecule has 1 N–H and O–H groups in total. The highest BCUT2D eigenvalue weighted by atomic mass is 32.2. The van der Waals surface area contributed by atoms with Crippen molar-refractivity contribution in [2.24, 2.45) is 0 Å². The van der Waals surface area contributed by atoms with Gasteiger partial charge in [0.2, 0.25) is 0 Å². The fourth-order valence-corrected chi connectivity index (χ4v) is 4.36. The normalized spacial score (nSPS) is 16.2. The van der Waals surface area contributed by atoms with E-state index in [0.29, 0.717) is 16.4 Å². The first-order valence-corrected chi connectivity index (χ1v) is 11.4. The highest BCUT2D eigenvalue weighted by molar-refractivity contribution is 8.26. The van der Waals surface area contributed by atoms with Gasteiger partial charge in [0, 0.05) is 0 Å². The number of amides is 1. The van der Waals surface area contributed by atoms with Crippen molar-refractivity contribution < 1.29 is 24.2 Å². The summed E-state index contributed by atoms with van der Waals surface area (Å²) in [5.41, 5.74) is 0.752. The minimum absolute atomic E-state index is 0.0821. The zero-order chi connectivity index (χ0) is 22.1. The van der Waals surface area contributed by atoms with Crippen molar-refractivity contribution in [2.45, 2.75) is 58.5 Å². The molecule has 1 amide bonds. The van der Waals surface area contributed by atoms with E-state index in [9.17, 15) is 9.59 Å². The number of unbranched alkanes of at least 4 members (excludes halogenated alkanes) is 4. The summed E-state index contributed by atoms with van der Waals surface area (Å²) < 4.78 is 11.8. The first-order valence-electron chi connectivity index (χ1n) is 10.2.